The van der Waals surface area contributed by atoms with Crippen LogP contribution in [0.5, 0.6) is 0 Å². The molecule has 1 aromatic heterocycles. The van der Waals surface area contributed by atoms with Gasteiger partial charge in [-0.1, -0.05) is 0 Å². The lowest BCUT2D eigenvalue weighted by atomic mass is 9.92. The van der Waals surface area contributed by atoms with Crippen molar-refractivity contribution in [2.24, 2.45) is 5.92 Å². The molecule has 2 fully saturated rings. The van der Waals surface area contributed by atoms with E-state index in [4.69, 9.17) is 4.74 Å². The average Bonchev–Trinajstić information content (AvgIpc) is 3.15. The molecule has 3 rings (SSSR count). The summed E-state index contributed by atoms with van der Waals surface area (Å²) in [6, 6.07) is 2.02. The molecule has 8 heteroatoms. The first-order valence-corrected chi connectivity index (χ1v) is 10.3. The van der Waals surface area contributed by atoms with Crippen molar-refractivity contribution in [2.45, 2.75) is 32.0 Å². The predicted octanol–water partition coefficient (Wildman–Crippen LogP) is 1.11. The molecule has 0 aromatic carbocycles. The first-order chi connectivity index (χ1) is 10.9. The zero-order chi connectivity index (χ0) is 16.6. The lowest BCUT2D eigenvalue weighted by molar-refractivity contribution is -0.0453. The number of hydrogen-bond acceptors (Lipinski definition) is 5. The molecule has 6 nitrogen and oxygen atoms in total. The second kappa shape index (κ2) is 6.78. The van der Waals surface area contributed by atoms with E-state index in [1.807, 2.05) is 30.7 Å². The molecule has 0 saturated carbocycles. The summed E-state index contributed by atoms with van der Waals surface area (Å²) in [5.41, 5.74) is 1.12. The van der Waals surface area contributed by atoms with Gasteiger partial charge in [-0.25, -0.2) is 0 Å². The quantitative estimate of drug-likeness (QED) is 0.873. The van der Waals surface area contributed by atoms with E-state index in [2.05, 4.69) is 0 Å². The zero-order valence-electron chi connectivity index (χ0n) is 13.5. The van der Waals surface area contributed by atoms with Crippen LogP contribution in [-0.4, -0.2) is 67.1 Å². The Morgan fingerprint density at radius 2 is 1.87 bits per heavy atom. The third-order valence-electron chi connectivity index (χ3n) is 4.65. The minimum absolute atomic E-state index is 0.00243. The van der Waals surface area contributed by atoms with E-state index in [9.17, 15) is 13.5 Å². The van der Waals surface area contributed by atoms with Gasteiger partial charge in [0.25, 0.3) is 10.2 Å². The first-order valence-electron chi connectivity index (χ1n) is 7.95. The Morgan fingerprint density at radius 1 is 1.22 bits per heavy atom. The van der Waals surface area contributed by atoms with Gasteiger partial charge in [0.1, 0.15) is 0 Å². The van der Waals surface area contributed by atoms with Crippen LogP contribution in [0, 0.1) is 5.92 Å². The molecule has 2 saturated heterocycles. The topological polar surface area (TPSA) is 70.1 Å². The number of aliphatic hydroxyl groups is 1. The highest BCUT2D eigenvalue weighted by atomic mass is 32.2. The van der Waals surface area contributed by atoms with E-state index >= 15 is 0 Å². The highest BCUT2D eigenvalue weighted by molar-refractivity contribution is 7.86. The van der Waals surface area contributed by atoms with Gasteiger partial charge >= 0.3 is 0 Å². The lowest BCUT2D eigenvalue weighted by Crippen LogP contribution is -2.52. The SMILES string of the molecule is C[C@@H]1CN(S(=O)(=O)N2C[C@H](CO)[C@@H](c3ccsc3)C2)C[C@H](C)O1. The van der Waals surface area contributed by atoms with Gasteiger partial charge in [0.2, 0.25) is 0 Å². The monoisotopic (exact) mass is 360 g/mol. The summed E-state index contributed by atoms with van der Waals surface area (Å²) in [4.78, 5) is 0. The van der Waals surface area contributed by atoms with Gasteiger partial charge in [-0.05, 0) is 36.2 Å². The Balaban J connectivity index is 1.78. The van der Waals surface area contributed by atoms with Crippen molar-refractivity contribution in [1.82, 2.24) is 8.61 Å². The second-order valence-electron chi connectivity index (χ2n) is 6.50. The number of aliphatic hydroxyl groups excluding tert-OH is 1. The fourth-order valence-electron chi connectivity index (χ4n) is 3.55. The molecule has 1 aromatic rings. The standard InChI is InChI=1S/C15H24N2O4S2/c1-11-5-16(6-12(2)21-11)23(19,20)17-7-14(9-18)15(8-17)13-3-4-22-10-13/h3-4,10-12,14-15,18H,5-9H2,1-2H3/t11-,12+,14-,15-/m1/s1. The number of nitrogens with zero attached hydrogens (tertiary/aromatic N) is 2. The fourth-order valence-corrected chi connectivity index (χ4v) is 6.13. The maximum absolute atomic E-state index is 13.0. The van der Waals surface area contributed by atoms with Gasteiger partial charge in [-0.3, -0.25) is 0 Å². The summed E-state index contributed by atoms with van der Waals surface area (Å²) < 4.78 is 34.6. The molecule has 23 heavy (non-hydrogen) atoms. The van der Waals surface area contributed by atoms with Gasteiger partial charge in [-0.15, -0.1) is 0 Å². The van der Waals surface area contributed by atoms with Crippen LogP contribution in [-0.2, 0) is 14.9 Å². The smallest absolute Gasteiger partial charge is 0.282 e. The summed E-state index contributed by atoms with van der Waals surface area (Å²) in [6.07, 6.45) is -0.199. The maximum Gasteiger partial charge on any atom is 0.282 e. The van der Waals surface area contributed by atoms with Crippen molar-refractivity contribution < 1.29 is 18.3 Å². The van der Waals surface area contributed by atoms with Crippen LogP contribution in [0.3, 0.4) is 0 Å². The molecule has 0 aliphatic carbocycles. The Hall–Kier alpha value is -0.510. The predicted molar refractivity (Wildman–Crippen MR) is 89.7 cm³/mol. The highest BCUT2D eigenvalue weighted by Crippen LogP contribution is 2.35. The summed E-state index contributed by atoms with van der Waals surface area (Å²) >= 11 is 1.60. The van der Waals surface area contributed by atoms with E-state index < -0.39 is 10.2 Å². The minimum Gasteiger partial charge on any atom is -0.396 e. The van der Waals surface area contributed by atoms with E-state index in [0.29, 0.717) is 26.2 Å². The normalized spacial score (nSPS) is 34.0. The summed E-state index contributed by atoms with van der Waals surface area (Å²) in [5.74, 6) is 0.0205. The van der Waals surface area contributed by atoms with Crippen molar-refractivity contribution in [1.29, 1.82) is 0 Å². The van der Waals surface area contributed by atoms with E-state index in [0.717, 1.165) is 5.56 Å². The highest BCUT2D eigenvalue weighted by Gasteiger charge is 2.43. The number of thiophene rings is 1. The molecule has 130 valence electrons. The summed E-state index contributed by atoms with van der Waals surface area (Å²) in [5, 5.41) is 13.7. The third kappa shape index (κ3) is 3.47. The number of ether oxygens (including phenoxy) is 1. The van der Waals surface area contributed by atoms with Crippen LogP contribution in [0.2, 0.25) is 0 Å². The Morgan fingerprint density at radius 3 is 2.43 bits per heavy atom. The molecule has 0 amide bonds. The molecule has 0 radical (unpaired) electrons. The number of hydrogen-bond donors (Lipinski definition) is 1. The third-order valence-corrected chi connectivity index (χ3v) is 7.25. The van der Waals surface area contributed by atoms with Crippen LogP contribution in [0.1, 0.15) is 25.3 Å². The Kier molecular flexibility index (Phi) is 5.10. The molecule has 4 atom stereocenters. The lowest BCUT2D eigenvalue weighted by Gasteiger charge is -2.36. The van der Waals surface area contributed by atoms with E-state index in [1.165, 1.54) is 8.61 Å². The van der Waals surface area contributed by atoms with Crippen LogP contribution in [0.4, 0.5) is 0 Å². The van der Waals surface area contributed by atoms with Crippen LogP contribution in [0.25, 0.3) is 0 Å². The number of rotatable bonds is 4. The van der Waals surface area contributed by atoms with Crippen molar-refractivity contribution in [3.8, 4) is 0 Å². The average molecular weight is 361 g/mol. The molecule has 2 aliphatic heterocycles. The van der Waals surface area contributed by atoms with Gasteiger partial charge in [0, 0.05) is 44.6 Å². The van der Waals surface area contributed by atoms with E-state index in [-0.39, 0.29) is 30.7 Å². The van der Waals surface area contributed by atoms with Crippen LogP contribution in [0.15, 0.2) is 16.8 Å². The Labute approximate surface area is 141 Å². The van der Waals surface area contributed by atoms with Crippen molar-refractivity contribution in [3.63, 3.8) is 0 Å². The largest absolute Gasteiger partial charge is 0.396 e. The molecular formula is C15H24N2O4S2. The second-order valence-corrected chi connectivity index (χ2v) is 9.21. The minimum atomic E-state index is -3.52. The molecule has 2 aliphatic rings. The van der Waals surface area contributed by atoms with Crippen molar-refractivity contribution in [2.75, 3.05) is 32.8 Å². The van der Waals surface area contributed by atoms with Gasteiger partial charge in [-0.2, -0.15) is 28.4 Å². The molecule has 1 N–H and O–H groups in total. The van der Waals surface area contributed by atoms with E-state index in [1.54, 1.807) is 11.3 Å². The molecule has 0 spiro atoms. The molecule has 3 heterocycles. The first kappa shape index (κ1) is 17.3. The molecule has 0 bridgehead atoms. The van der Waals surface area contributed by atoms with Gasteiger partial charge in [0.05, 0.1) is 12.2 Å². The van der Waals surface area contributed by atoms with Gasteiger partial charge in [0.15, 0.2) is 0 Å². The van der Waals surface area contributed by atoms with Gasteiger partial charge < -0.3 is 9.84 Å². The fraction of sp³-hybridized carbons (Fsp3) is 0.733. The summed E-state index contributed by atoms with van der Waals surface area (Å²) in [6.45, 7) is 5.37. The molecular weight excluding hydrogens is 336 g/mol. The Bertz CT molecular complexity index is 609. The summed E-state index contributed by atoms with van der Waals surface area (Å²) in [7, 11) is -3.52. The number of morpholine rings is 1. The van der Waals surface area contributed by atoms with Crippen molar-refractivity contribution >= 4 is 21.5 Å². The maximum atomic E-state index is 13.0. The zero-order valence-corrected chi connectivity index (χ0v) is 15.1. The molecule has 0 unspecified atom stereocenters. The van der Waals surface area contributed by atoms with Crippen LogP contribution < -0.4 is 0 Å². The van der Waals surface area contributed by atoms with Crippen LogP contribution >= 0.6 is 11.3 Å². The van der Waals surface area contributed by atoms with Crippen molar-refractivity contribution in [3.05, 3.63) is 22.4 Å².